The lowest BCUT2D eigenvalue weighted by molar-refractivity contribution is 0.0425. The van der Waals surface area contributed by atoms with E-state index in [-0.39, 0.29) is 0 Å². The smallest absolute Gasteiger partial charge is 0.0363 e. The van der Waals surface area contributed by atoms with E-state index in [0.717, 1.165) is 5.92 Å². The Morgan fingerprint density at radius 2 is 1.80 bits per heavy atom. The Balaban J connectivity index is 2.15. The van der Waals surface area contributed by atoms with Gasteiger partial charge in [0, 0.05) is 24.2 Å². The maximum atomic E-state index is 6.38. The van der Waals surface area contributed by atoms with Gasteiger partial charge in [-0.05, 0) is 51.9 Å². The third-order valence-corrected chi connectivity index (χ3v) is 4.71. The second kappa shape index (κ2) is 4.06. The van der Waals surface area contributed by atoms with Crippen LogP contribution in [0, 0.1) is 5.92 Å². The first-order valence-corrected chi connectivity index (χ1v) is 6.58. The fourth-order valence-electron chi connectivity index (χ4n) is 3.67. The molecule has 2 heteroatoms. The molecule has 0 aromatic heterocycles. The number of nitrogens with zero attached hydrogens (tertiary/aromatic N) is 1. The summed E-state index contributed by atoms with van der Waals surface area (Å²) < 4.78 is 0. The zero-order valence-corrected chi connectivity index (χ0v) is 10.5. The van der Waals surface area contributed by atoms with Crippen LogP contribution in [0.2, 0.25) is 0 Å². The van der Waals surface area contributed by atoms with Crippen LogP contribution in [0.3, 0.4) is 0 Å². The molecule has 1 aliphatic heterocycles. The fourth-order valence-corrected chi connectivity index (χ4v) is 3.67. The van der Waals surface area contributed by atoms with Crippen molar-refractivity contribution in [1.29, 1.82) is 0 Å². The first-order valence-electron chi connectivity index (χ1n) is 6.58. The highest BCUT2D eigenvalue weighted by atomic mass is 15.3. The molecule has 0 aromatic rings. The summed E-state index contributed by atoms with van der Waals surface area (Å²) in [6.45, 7) is 8.23. The predicted octanol–water partition coefficient (Wildman–Crippen LogP) is 2.38. The Morgan fingerprint density at radius 1 is 1.20 bits per heavy atom. The van der Waals surface area contributed by atoms with Gasteiger partial charge in [0.25, 0.3) is 0 Å². The number of rotatable bonds is 1. The van der Waals surface area contributed by atoms with Gasteiger partial charge in [-0.2, -0.15) is 0 Å². The molecule has 2 nitrogen and oxygen atoms in total. The van der Waals surface area contributed by atoms with Gasteiger partial charge in [-0.1, -0.05) is 6.92 Å². The minimum atomic E-state index is 0.362. The second-order valence-electron chi connectivity index (χ2n) is 5.97. The molecule has 2 aliphatic rings. The molecule has 0 radical (unpaired) electrons. The van der Waals surface area contributed by atoms with Gasteiger partial charge >= 0.3 is 0 Å². The summed E-state index contributed by atoms with van der Waals surface area (Å²) in [6, 6.07) is 1.08. The van der Waals surface area contributed by atoms with Crippen LogP contribution < -0.4 is 5.73 Å². The summed E-state index contributed by atoms with van der Waals surface area (Å²) in [5, 5.41) is 0. The third-order valence-electron chi connectivity index (χ3n) is 4.71. The SMILES string of the molecule is CC1CCC2(CC1)C(N)CCN2C(C)C. The molecule has 1 aliphatic carbocycles. The molecule has 15 heavy (non-hydrogen) atoms. The van der Waals surface area contributed by atoms with Crippen LogP contribution >= 0.6 is 0 Å². The van der Waals surface area contributed by atoms with Gasteiger partial charge in [-0.15, -0.1) is 0 Å². The Kier molecular flexibility index (Phi) is 3.09. The summed E-state index contributed by atoms with van der Waals surface area (Å²) in [6.07, 6.45) is 6.60. The van der Waals surface area contributed by atoms with Crippen molar-refractivity contribution in [2.75, 3.05) is 6.54 Å². The number of hydrogen-bond acceptors (Lipinski definition) is 2. The van der Waals surface area contributed by atoms with Crippen molar-refractivity contribution in [2.45, 2.75) is 70.5 Å². The van der Waals surface area contributed by atoms with E-state index in [2.05, 4.69) is 25.7 Å². The fraction of sp³-hybridized carbons (Fsp3) is 1.00. The van der Waals surface area contributed by atoms with Gasteiger partial charge in [0.1, 0.15) is 0 Å². The molecule has 2 fully saturated rings. The summed E-state index contributed by atoms with van der Waals surface area (Å²) in [5.74, 6) is 0.914. The molecule has 1 spiro atoms. The van der Waals surface area contributed by atoms with E-state index in [9.17, 15) is 0 Å². The molecule has 0 bridgehead atoms. The van der Waals surface area contributed by atoms with E-state index in [4.69, 9.17) is 5.73 Å². The maximum absolute atomic E-state index is 6.38. The molecular weight excluding hydrogens is 184 g/mol. The number of hydrogen-bond donors (Lipinski definition) is 1. The van der Waals surface area contributed by atoms with Crippen LogP contribution in [0.15, 0.2) is 0 Å². The molecule has 2 N–H and O–H groups in total. The third kappa shape index (κ3) is 1.83. The highest BCUT2D eigenvalue weighted by Crippen LogP contribution is 2.43. The van der Waals surface area contributed by atoms with E-state index in [1.165, 1.54) is 38.6 Å². The molecule has 2 rings (SSSR count). The average Bonchev–Trinajstić information content (AvgIpc) is 2.50. The molecule has 1 heterocycles. The highest BCUT2D eigenvalue weighted by molar-refractivity contribution is 5.07. The van der Waals surface area contributed by atoms with Crippen LogP contribution in [0.5, 0.6) is 0 Å². The largest absolute Gasteiger partial charge is 0.326 e. The molecule has 0 aromatic carbocycles. The van der Waals surface area contributed by atoms with E-state index < -0.39 is 0 Å². The van der Waals surface area contributed by atoms with Gasteiger partial charge in [-0.25, -0.2) is 0 Å². The van der Waals surface area contributed by atoms with Crippen molar-refractivity contribution in [3.63, 3.8) is 0 Å². The molecule has 1 atom stereocenters. The molecule has 1 unspecified atom stereocenters. The van der Waals surface area contributed by atoms with E-state index >= 15 is 0 Å². The van der Waals surface area contributed by atoms with Crippen molar-refractivity contribution in [1.82, 2.24) is 4.90 Å². The average molecular weight is 210 g/mol. The normalized spacial score (nSPS) is 43.0. The summed E-state index contributed by atoms with van der Waals surface area (Å²) >= 11 is 0. The van der Waals surface area contributed by atoms with Crippen LogP contribution in [-0.2, 0) is 0 Å². The maximum Gasteiger partial charge on any atom is 0.0363 e. The summed E-state index contributed by atoms with van der Waals surface area (Å²) in [5.41, 5.74) is 6.74. The second-order valence-corrected chi connectivity index (χ2v) is 5.97. The Morgan fingerprint density at radius 3 is 2.33 bits per heavy atom. The minimum Gasteiger partial charge on any atom is -0.326 e. The van der Waals surface area contributed by atoms with Gasteiger partial charge in [0.05, 0.1) is 0 Å². The first-order chi connectivity index (χ1) is 7.06. The lowest BCUT2D eigenvalue weighted by atomic mass is 9.73. The van der Waals surface area contributed by atoms with Gasteiger partial charge < -0.3 is 5.73 Å². The van der Waals surface area contributed by atoms with Crippen molar-refractivity contribution < 1.29 is 0 Å². The van der Waals surface area contributed by atoms with E-state index in [1.807, 2.05) is 0 Å². The van der Waals surface area contributed by atoms with Crippen molar-refractivity contribution in [3.8, 4) is 0 Å². The van der Waals surface area contributed by atoms with Crippen LogP contribution in [0.25, 0.3) is 0 Å². The van der Waals surface area contributed by atoms with E-state index in [1.54, 1.807) is 0 Å². The summed E-state index contributed by atoms with van der Waals surface area (Å²) in [4.78, 5) is 2.68. The first kappa shape index (κ1) is 11.4. The number of likely N-dealkylation sites (tertiary alicyclic amines) is 1. The Hall–Kier alpha value is -0.0800. The lowest BCUT2D eigenvalue weighted by Gasteiger charge is -2.47. The Labute approximate surface area is 94.2 Å². The zero-order chi connectivity index (χ0) is 11.1. The highest BCUT2D eigenvalue weighted by Gasteiger charge is 2.48. The predicted molar refractivity (Wildman–Crippen MR) is 64.8 cm³/mol. The minimum absolute atomic E-state index is 0.362. The van der Waals surface area contributed by atoms with Crippen LogP contribution in [0.1, 0.15) is 52.9 Å². The lowest BCUT2D eigenvalue weighted by Crippen LogP contribution is -2.57. The molecule has 1 saturated heterocycles. The van der Waals surface area contributed by atoms with Crippen LogP contribution in [-0.4, -0.2) is 29.1 Å². The van der Waals surface area contributed by atoms with Crippen molar-refractivity contribution in [3.05, 3.63) is 0 Å². The quantitative estimate of drug-likeness (QED) is 0.720. The van der Waals surface area contributed by atoms with Gasteiger partial charge in [-0.3, -0.25) is 4.90 Å². The zero-order valence-electron chi connectivity index (χ0n) is 10.5. The summed E-state index contributed by atoms with van der Waals surface area (Å²) in [7, 11) is 0. The van der Waals surface area contributed by atoms with Gasteiger partial charge in [0.2, 0.25) is 0 Å². The van der Waals surface area contributed by atoms with Gasteiger partial charge in [0.15, 0.2) is 0 Å². The van der Waals surface area contributed by atoms with Crippen molar-refractivity contribution in [2.24, 2.45) is 11.7 Å². The topological polar surface area (TPSA) is 29.3 Å². The standard InChI is InChI=1S/C13H26N2/c1-10(2)15-9-6-12(14)13(15)7-4-11(3)5-8-13/h10-12H,4-9,14H2,1-3H3. The molecule has 88 valence electrons. The Bertz CT molecular complexity index is 217. The molecule has 1 saturated carbocycles. The monoisotopic (exact) mass is 210 g/mol. The van der Waals surface area contributed by atoms with E-state index in [0.29, 0.717) is 17.6 Å². The van der Waals surface area contributed by atoms with Crippen molar-refractivity contribution >= 4 is 0 Å². The molecular formula is C13H26N2. The number of nitrogens with two attached hydrogens (primary N) is 1. The van der Waals surface area contributed by atoms with Crippen LogP contribution in [0.4, 0.5) is 0 Å². The molecule has 0 amide bonds.